The predicted octanol–water partition coefficient (Wildman–Crippen LogP) is 2.06. The minimum Gasteiger partial charge on any atom is -0.396 e. The SMILES string of the molecule is C/C=C1/CC[C@H](F)C[C@H]1CO. The normalized spacial score (nSPS) is 36.1. The summed E-state index contributed by atoms with van der Waals surface area (Å²) in [4.78, 5) is 0. The Morgan fingerprint density at radius 3 is 3.00 bits per heavy atom. The van der Waals surface area contributed by atoms with Crippen LogP contribution in [0.15, 0.2) is 11.6 Å². The first kappa shape index (κ1) is 8.72. The molecule has 0 spiro atoms. The van der Waals surface area contributed by atoms with E-state index in [9.17, 15) is 4.39 Å². The first-order valence-electron chi connectivity index (χ1n) is 4.18. The second-order valence-corrected chi connectivity index (χ2v) is 3.11. The van der Waals surface area contributed by atoms with E-state index in [1.165, 1.54) is 5.57 Å². The molecule has 11 heavy (non-hydrogen) atoms. The predicted molar refractivity (Wildman–Crippen MR) is 43.1 cm³/mol. The maximum Gasteiger partial charge on any atom is 0.101 e. The third-order valence-electron chi connectivity index (χ3n) is 2.40. The van der Waals surface area contributed by atoms with Gasteiger partial charge >= 0.3 is 0 Å². The van der Waals surface area contributed by atoms with Crippen LogP contribution in [0.5, 0.6) is 0 Å². The van der Waals surface area contributed by atoms with Crippen LogP contribution >= 0.6 is 0 Å². The minimum atomic E-state index is -0.698. The molecule has 0 amide bonds. The fourth-order valence-electron chi connectivity index (χ4n) is 1.68. The quantitative estimate of drug-likeness (QED) is 0.579. The van der Waals surface area contributed by atoms with E-state index in [0.29, 0.717) is 12.8 Å². The maximum atomic E-state index is 12.8. The van der Waals surface area contributed by atoms with E-state index < -0.39 is 6.17 Å². The number of aliphatic hydroxyl groups is 1. The number of alkyl halides is 1. The molecule has 1 aliphatic rings. The van der Waals surface area contributed by atoms with Crippen LogP contribution in [0.2, 0.25) is 0 Å². The van der Waals surface area contributed by atoms with Crippen LogP contribution in [0.4, 0.5) is 4.39 Å². The van der Waals surface area contributed by atoms with Crippen LogP contribution in [0, 0.1) is 5.92 Å². The summed E-state index contributed by atoms with van der Waals surface area (Å²) in [6.45, 7) is 2.05. The molecule has 0 heterocycles. The van der Waals surface area contributed by atoms with Gasteiger partial charge in [-0.05, 0) is 26.2 Å². The maximum absolute atomic E-state index is 12.8. The van der Waals surface area contributed by atoms with Crippen molar-refractivity contribution in [1.29, 1.82) is 0 Å². The summed E-state index contributed by atoms with van der Waals surface area (Å²) in [6.07, 6.45) is 3.28. The lowest BCUT2D eigenvalue weighted by Crippen LogP contribution is -2.21. The zero-order chi connectivity index (χ0) is 8.27. The van der Waals surface area contributed by atoms with Crippen LogP contribution in [0.25, 0.3) is 0 Å². The van der Waals surface area contributed by atoms with Crippen LogP contribution in [-0.2, 0) is 0 Å². The van der Waals surface area contributed by atoms with E-state index in [0.717, 1.165) is 6.42 Å². The fourth-order valence-corrected chi connectivity index (χ4v) is 1.68. The molecule has 0 radical (unpaired) electrons. The minimum absolute atomic E-state index is 0.0868. The average Bonchev–Trinajstić information content (AvgIpc) is 2.04. The van der Waals surface area contributed by atoms with E-state index >= 15 is 0 Å². The van der Waals surface area contributed by atoms with Gasteiger partial charge in [-0.15, -0.1) is 0 Å². The summed E-state index contributed by atoms with van der Waals surface area (Å²) < 4.78 is 12.8. The van der Waals surface area contributed by atoms with Crippen molar-refractivity contribution in [2.75, 3.05) is 6.61 Å². The second-order valence-electron chi connectivity index (χ2n) is 3.11. The van der Waals surface area contributed by atoms with Crippen LogP contribution in [0.1, 0.15) is 26.2 Å². The van der Waals surface area contributed by atoms with Gasteiger partial charge in [-0.2, -0.15) is 0 Å². The molecule has 0 aromatic rings. The molecule has 1 nitrogen and oxygen atoms in total. The molecule has 0 bridgehead atoms. The molecule has 0 aliphatic heterocycles. The van der Waals surface area contributed by atoms with Gasteiger partial charge in [0.05, 0.1) is 0 Å². The van der Waals surface area contributed by atoms with Gasteiger partial charge in [0.15, 0.2) is 0 Å². The van der Waals surface area contributed by atoms with Crippen LogP contribution in [-0.4, -0.2) is 17.9 Å². The Morgan fingerprint density at radius 2 is 2.45 bits per heavy atom. The standard InChI is InChI=1S/C9H15FO/c1-2-7-3-4-9(10)5-8(7)6-11/h2,8-9,11H,3-6H2,1H3/b7-2-/t8-,9-/m0/s1. The molecule has 0 aromatic carbocycles. The highest BCUT2D eigenvalue weighted by molar-refractivity contribution is 5.09. The van der Waals surface area contributed by atoms with Gasteiger partial charge < -0.3 is 5.11 Å². The number of hydrogen-bond donors (Lipinski definition) is 1. The highest BCUT2D eigenvalue weighted by Crippen LogP contribution is 2.30. The Labute approximate surface area is 66.9 Å². The topological polar surface area (TPSA) is 20.2 Å². The first-order chi connectivity index (χ1) is 5.27. The summed E-state index contributed by atoms with van der Waals surface area (Å²) >= 11 is 0. The van der Waals surface area contributed by atoms with Crippen molar-refractivity contribution >= 4 is 0 Å². The Hall–Kier alpha value is -0.370. The van der Waals surface area contributed by atoms with Crippen molar-refractivity contribution in [3.8, 4) is 0 Å². The van der Waals surface area contributed by atoms with E-state index in [1.807, 2.05) is 13.0 Å². The second kappa shape index (κ2) is 3.86. The van der Waals surface area contributed by atoms with Gasteiger partial charge in [-0.1, -0.05) is 11.6 Å². The van der Waals surface area contributed by atoms with Crippen molar-refractivity contribution in [3.63, 3.8) is 0 Å². The fraction of sp³-hybridized carbons (Fsp3) is 0.778. The van der Waals surface area contributed by atoms with Crippen LogP contribution in [0.3, 0.4) is 0 Å². The molecule has 1 saturated carbocycles. The zero-order valence-electron chi connectivity index (χ0n) is 6.89. The number of rotatable bonds is 1. The number of hydrogen-bond acceptors (Lipinski definition) is 1. The lowest BCUT2D eigenvalue weighted by Gasteiger charge is -2.25. The smallest absolute Gasteiger partial charge is 0.101 e. The molecule has 1 N–H and O–H groups in total. The Kier molecular flexibility index (Phi) is 3.06. The Bertz CT molecular complexity index is 154. The third-order valence-corrected chi connectivity index (χ3v) is 2.40. The van der Waals surface area contributed by atoms with E-state index in [-0.39, 0.29) is 12.5 Å². The van der Waals surface area contributed by atoms with Gasteiger partial charge in [-0.25, -0.2) is 4.39 Å². The van der Waals surface area contributed by atoms with Crippen LogP contribution < -0.4 is 0 Å². The summed E-state index contributed by atoms with van der Waals surface area (Å²) in [7, 11) is 0. The summed E-state index contributed by atoms with van der Waals surface area (Å²) in [5, 5.41) is 8.90. The lowest BCUT2D eigenvalue weighted by atomic mass is 9.84. The number of allylic oxidation sites excluding steroid dienone is 1. The van der Waals surface area contributed by atoms with E-state index in [4.69, 9.17) is 5.11 Å². The van der Waals surface area contributed by atoms with Crippen molar-refractivity contribution in [1.82, 2.24) is 0 Å². The van der Waals surface area contributed by atoms with Gasteiger partial charge in [0, 0.05) is 12.5 Å². The molecule has 0 saturated heterocycles. The van der Waals surface area contributed by atoms with Crippen molar-refractivity contribution in [3.05, 3.63) is 11.6 Å². The van der Waals surface area contributed by atoms with Gasteiger partial charge in [0.25, 0.3) is 0 Å². The molecule has 0 unspecified atom stereocenters. The molecule has 1 fully saturated rings. The first-order valence-corrected chi connectivity index (χ1v) is 4.18. The lowest BCUT2D eigenvalue weighted by molar-refractivity contribution is 0.171. The Balaban J connectivity index is 2.55. The van der Waals surface area contributed by atoms with Crippen molar-refractivity contribution in [2.45, 2.75) is 32.4 Å². The molecule has 1 aliphatic carbocycles. The highest BCUT2D eigenvalue weighted by atomic mass is 19.1. The van der Waals surface area contributed by atoms with Crippen molar-refractivity contribution < 1.29 is 9.50 Å². The average molecular weight is 158 g/mol. The molecular weight excluding hydrogens is 143 g/mol. The monoisotopic (exact) mass is 158 g/mol. The molecule has 2 atom stereocenters. The number of aliphatic hydroxyl groups excluding tert-OH is 1. The summed E-state index contributed by atoms with van der Waals surface area (Å²) in [5.74, 6) is 0.0868. The molecule has 2 heteroatoms. The van der Waals surface area contributed by atoms with E-state index in [2.05, 4.69) is 0 Å². The third kappa shape index (κ3) is 2.03. The molecule has 0 aromatic heterocycles. The van der Waals surface area contributed by atoms with Gasteiger partial charge in [0.2, 0.25) is 0 Å². The molecule has 64 valence electrons. The largest absolute Gasteiger partial charge is 0.396 e. The zero-order valence-corrected chi connectivity index (χ0v) is 6.89. The molecule has 1 rings (SSSR count). The van der Waals surface area contributed by atoms with Crippen molar-refractivity contribution in [2.24, 2.45) is 5.92 Å². The number of halogens is 1. The highest BCUT2D eigenvalue weighted by Gasteiger charge is 2.24. The van der Waals surface area contributed by atoms with Gasteiger partial charge in [-0.3, -0.25) is 0 Å². The molecular formula is C9H15FO. The van der Waals surface area contributed by atoms with Gasteiger partial charge in [0.1, 0.15) is 6.17 Å². The Morgan fingerprint density at radius 1 is 1.73 bits per heavy atom. The summed E-state index contributed by atoms with van der Waals surface area (Å²) in [5.41, 5.74) is 1.22. The summed E-state index contributed by atoms with van der Waals surface area (Å²) in [6, 6.07) is 0. The van der Waals surface area contributed by atoms with E-state index in [1.54, 1.807) is 0 Å².